The first-order chi connectivity index (χ1) is 10.2. The minimum absolute atomic E-state index is 0.122. The summed E-state index contributed by atoms with van der Waals surface area (Å²) in [5, 5.41) is 0.602. The fourth-order valence-electron chi connectivity index (χ4n) is 2.62. The van der Waals surface area contributed by atoms with Gasteiger partial charge in [0, 0.05) is 12.0 Å². The van der Waals surface area contributed by atoms with Crippen LogP contribution < -0.4 is 10.3 Å². The van der Waals surface area contributed by atoms with Gasteiger partial charge >= 0.3 is 0 Å². The van der Waals surface area contributed by atoms with Crippen LogP contribution in [0.15, 0.2) is 45.7 Å². The summed E-state index contributed by atoms with van der Waals surface area (Å²) in [7, 11) is 0. The number of fused-ring (bicyclic) bond motifs is 2. The van der Waals surface area contributed by atoms with Crippen molar-refractivity contribution in [2.45, 2.75) is 6.42 Å². The van der Waals surface area contributed by atoms with Crippen LogP contribution in [0.1, 0.15) is 5.56 Å². The van der Waals surface area contributed by atoms with E-state index in [9.17, 15) is 4.79 Å². The largest absolute Gasteiger partial charge is 0.492 e. The van der Waals surface area contributed by atoms with Crippen molar-refractivity contribution in [1.29, 1.82) is 0 Å². The molecule has 0 unspecified atom stereocenters. The summed E-state index contributed by atoms with van der Waals surface area (Å²) < 4.78 is 6.47. The maximum atomic E-state index is 12.2. The Morgan fingerprint density at radius 3 is 3.00 bits per heavy atom. The Labute approximate surface area is 128 Å². The second kappa shape index (κ2) is 4.70. The normalized spacial score (nSPS) is 13.2. The molecule has 0 aliphatic carbocycles. The summed E-state index contributed by atoms with van der Waals surface area (Å²) in [5.41, 5.74) is 2.59. The Morgan fingerprint density at radius 2 is 2.10 bits per heavy atom. The van der Waals surface area contributed by atoms with E-state index in [4.69, 9.17) is 4.74 Å². The molecule has 0 bridgehead atoms. The van der Waals surface area contributed by atoms with Gasteiger partial charge in [-0.05, 0) is 45.8 Å². The van der Waals surface area contributed by atoms with Crippen molar-refractivity contribution in [3.8, 4) is 17.1 Å². The Kier molecular flexibility index (Phi) is 2.82. The molecule has 1 aliphatic rings. The van der Waals surface area contributed by atoms with Crippen molar-refractivity contribution in [2.75, 3.05) is 6.61 Å². The topological polar surface area (TPSA) is 55.0 Å². The lowest BCUT2D eigenvalue weighted by atomic mass is 10.1. The fraction of sp³-hybridized carbons (Fsp3) is 0.125. The lowest BCUT2D eigenvalue weighted by Crippen LogP contribution is -2.09. The molecule has 1 aromatic heterocycles. The van der Waals surface area contributed by atoms with Crippen LogP contribution in [0.5, 0.6) is 5.75 Å². The van der Waals surface area contributed by atoms with E-state index >= 15 is 0 Å². The predicted octanol–water partition coefficient (Wildman–Crippen LogP) is 3.29. The number of aromatic amines is 1. The highest BCUT2D eigenvalue weighted by atomic mass is 79.9. The number of H-pyrrole nitrogens is 1. The van der Waals surface area contributed by atoms with Crippen molar-refractivity contribution in [1.82, 2.24) is 9.97 Å². The Balaban J connectivity index is 1.95. The molecule has 0 fully saturated rings. The average molecular weight is 343 g/mol. The molecule has 3 aromatic rings. The van der Waals surface area contributed by atoms with Gasteiger partial charge in [-0.2, -0.15) is 0 Å². The van der Waals surface area contributed by atoms with Gasteiger partial charge in [0.15, 0.2) is 0 Å². The first-order valence-electron chi connectivity index (χ1n) is 6.67. The molecule has 21 heavy (non-hydrogen) atoms. The summed E-state index contributed by atoms with van der Waals surface area (Å²) in [6, 6.07) is 11.3. The number of aromatic nitrogens is 2. The highest BCUT2D eigenvalue weighted by Gasteiger charge is 2.18. The molecule has 2 heterocycles. The quantitative estimate of drug-likeness (QED) is 0.738. The third-order valence-corrected chi connectivity index (χ3v) is 4.21. The second-order valence-corrected chi connectivity index (χ2v) is 5.83. The van der Waals surface area contributed by atoms with Crippen LogP contribution in [-0.4, -0.2) is 16.6 Å². The maximum Gasteiger partial charge on any atom is 0.259 e. The third-order valence-electron chi connectivity index (χ3n) is 3.62. The molecule has 5 heteroatoms. The summed E-state index contributed by atoms with van der Waals surface area (Å²) >= 11 is 3.52. The standard InChI is InChI=1S/C16H11BrN2O2/c17-12-8-10(7-9-5-6-21-14(9)12)15-18-13-4-2-1-3-11(13)16(20)19-15/h1-4,7-8H,5-6H2,(H,18,19,20). The monoisotopic (exact) mass is 342 g/mol. The average Bonchev–Trinajstić information content (AvgIpc) is 2.96. The van der Waals surface area contributed by atoms with Crippen molar-refractivity contribution in [2.24, 2.45) is 0 Å². The lowest BCUT2D eigenvalue weighted by molar-refractivity contribution is 0.355. The van der Waals surface area contributed by atoms with Crippen molar-refractivity contribution >= 4 is 26.8 Å². The maximum absolute atomic E-state index is 12.2. The van der Waals surface area contributed by atoms with Crippen LogP contribution in [0, 0.1) is 0 Å². The summed E-state index contributed by atoms with van der Waals surface area (Å²) in [6.45, 7) is 0.694. The van der Waals surface area contributed by atoms with Crippen LogP contribution in [0.2, 0.25) is 0 Å². The number of hydrogen-bond acceptors (Lipinski definition) is 3. The summed E-state index contributed by atoms with van der Waals surface area (Å²) in [5.74, 6) is 1.47. The highest BCUT2D eigenvalue weighted by molar-refractivity contribution is 9.10. The van der Waals surface area contributed by atoms with Gasteiger partial charge in [0.1, 0.15) is 11.6 Å². The van der Waals surface area contributed by atoms with E-state index in [1.54, 1.807) is 6.07 Å². The predicted molar refractivity (Wildman–Crippen MR) is 84.7 cm³/mol. The summed E-state index contributed by atoms with van der Waals surface area (Å²) in [4.78, 5) is 19.6. The van der Waals surface area contributed by atoms with E-state index in [2.05, 4.69) is 25.9 Å². The zero-order valence-electron chi connectivity index (χ0n) is 11.0. The highest BCUT2D eigenvalue weighted by Crippen LogP contribution is 2.37. The molecule has 4 rings (SSSR count). The van der Waals surface area contributed by atoms with Crippen molar-refractivity contribution in [3.63, 3.8) is 0 Å². The fourth-order valence-corrected chi connectivity index (χ4v) is 3.24. The van der Waals surface area contributed by atoms with Gasteiger partial charge in [0.05, 0.1) is 22.0 Å². The smallest absolute Gasteiger partial charge is 0.259 e. The molecule has 104 valence electrons. The van der Waals surface area contributed by atoms with Crippen molar-refractivity contribution in [3.05, 3.63) is 56.8 Å². The molecule has 0 atom stereocenters. The number of ether oxygens (including phenoxy) is 1. The molecule has 4 nitrogen and oxygen atoms in total. The SMILES string of the molecule is O=c1[nH]c(-c2cc(Br)c3c(c2)CCO3)nc2ccccc12. The van der Waals surface area contributed by atoms with Gasteiger partial charge in [0.2, 0.25) is 0 Å². The van der Waals surface area contributed by atoms with E-state index < -0.39 is 0 Å². The minimum atomic E-state index is -0.122. The van der Waals surface area contributed by atoms with Crippen LogP contribution >= 0.6 is 15.9 Å². The van der Waals surface area contributed by atoms with Crippen LogP contribution in [-0.2, 0) is 6.42 Å². The first kappa shape index (κ1) is 12.6. The van der Waals surface area contributed by atoms with Gasteiger partial charge in [-0.3, -0.25) is 4.79 Å². The lowest BCUT2D eigenvalue weighted by Gasteiger charge is -2.07. The molecule has 0 spiro atoms. The molecule has 0 amide bonds. The van der Waals surface area contributed by atoms with E-state index in [-0.39, 0.29) is 5.56 Å². The van der Waals surface area contributed by atoms with Crippen molar-refractivity contribution < 1.29 is 4.74 Å². The third kappa shape index (κ3) is 2.05. The molecule has 1 N–H and O–H groups in total. The number of benzene rings is 2. The van der Waals surface area contributed by atoms with E-state index in [0.717, 1.165) is 27.8 Å². The molecular weight excluding hydrogens is 332 g/mol. The second-order valence-electron chi connectivity index (χ2n) is 4.98. The Morgan fingerprint density at radius 1 is 1.24 bits per heavy atom. The Bertz CT molecular complexity index is 918. The van der Waals surface area contributed by atoms with E-state index in [1.807, 2.05) is 30.3 Å². The molecular formula is C16H11BrN2O2. The zero-order chi connectivity index (χ0) is 14.4. The molecule has 1 aliphatic heterocycles. The molecule has 0 saturated heterocycles. The Hall–Kier alpha value is -2.14. The zero-order valence-corrected chi connectivity index (χ0v) is 12.6. The van der Waals surface area contributed by atoms with Gasteiger partial charge < -0.3 is 9.72 Å². The summed E-state index contributed by atoms with van der Waals surface area (Å²) in [6.07, 6.45) is 0.875. The number of rotatable bonds is 1. The van der Waals surface area contributed by atoms with Gasteiger partial charge in [-0.25, -0.2) is 4.98 Å². The van der Waals surface area contributed by atoms with Gasteiger partial charge in [-0.1, -0.05) is 12.1 Å². The van der Waals surface area contributed by atoms with Crippen LogP contribution in [0.3, 0.4) is 0 Å². The molecule has 0 saturated carbocycles. The first-order valence-corrected chi connectivity index (χ1v) is 7.46. The van der Waals surface area contributed by atoms with Gasteiger partial charge in [0.25, 0.3) is 5.56 Å². The van der Waals surface area contributed by atoms with Crippen LogP contribution in [0.4, 0.5) is 0 Å². The minimum Gasteiger partial charge on any atom is -0.492 e. The molecule has 0 radical (unpaired) electrons. The number of halogens is 1. The van der Waals surface area contributed by atoms with Crippen LogP contribution in [0.25, 0.3) is 22.3 Å². The van der Waals surface area contributed by atoms with E-state index in [1.165, 1.54) is 0 Å². The van der Waals surface area contributed by atoms with Gasteiger partial charge in [-0.15, -0.1) is 0 Å². The number of hydrogen-bond donors (Lipinski definition) is 1. The molecule has 2 aromatic carbocycles. The van der Waals surface area contributed by atoms with E-state index in [0.29, 0.717) is 23.3 Å². The number of para-hydroxylation sites is 1. The number of nitrogens with one attached hydrogen (secondary N) is 1. The number of nitrogens with zero attached hydrogens (tertiary/aromatic N) is 1.